The Balaban J connectivity index is 2.31. The van der Waals surface area contributed by atoms with Crippen molar-refractivity contribution >= 4 is 5.97 Å². The highest BCUT2D eigenvalue weighted by Gasteiger charge is 2.45. The highest BCUT2D eigenvalue weighted by atomic mass is 16.5. The zero-order valence-corrected chi connectivity index (χ0v) is 9.27. The van der Waals surface area contributed by atoms with Crippen molar-refractivity contribution in [2.45, 2.75) is 12.3 Å². The van der Waals surface area contributed by atoms with Gasteiger partial charge in [0.15, 0.2) is 11.5 Å². The van der Waals surface area contributed by atoms with E-state index < -0.39 is 5.97 Å². The molecule has 0 aliphatic heterocycles. The quantitative estimate of drug-likeness (QED) is 0.845. The first-order chi connectivity index (χ1) is 7.69. The van der Waals surface area contributed by atoms with Crippen molar-refractivity contribution in [2.24, 2.45) is 5.92 Å². The highest BCUT2D eigenvalue weighted by molar-refractivity contribution is 5.76. The van der Waals surface area contributed by atoms with Crippen LogP contribution in [0.1, 0.15) is 17.9 Å². The largest absolute Gasteiger partial charge is 0.493 e. The van der Waals surface area contributed by atoms with E-state index in [0.717, 1.165) is 5.56 Å². The molecule has 0 radical (unpaired) electrons. The van der Waals surface area contributed by atoms with Crippen LogP contribution in [0.15, 0.2) is 18.2 Å². The summed E-state index contributed by atoms with van der Waals surface area (Å²) in [4.78, 5) is 10.8. The molecule has 2 rings (SSSR count). The molecular formula is C12H14O4. The molecule has 0 spiro atoms. The minimum absolute atomic E-state index is 0.0579. The molecule has 1 saturated carbocycles. The van der Waals surface area contributed by atoms with Gasteiger partial charge in [0.05, 0.1) is 20.1 Å². The third-order valence-corrected chi connectivity index (χ3v) is 2.94. The summed E-state index contributed by atoms with van der Waals surface area (Å²) in [7, 11) is 3.14. The molecule has 16 heavy (non-hydrogen) atoms. The number of hydrogen-bond donors (Lipinski definition) is 1. The lowest BCUT2D eigenvalue weighted by molar-refractivity contribution is -0.138. The second-order valence-electron chi connectivity index (χ2n) is 3.87. The second-order valence-corrected chi connectivity index (χ2v) is 3.87. The standard InChI is InChI=1S/C12H14O4/c1-15-10-5-3-4-7(11(10)16-2)8-6-9(8)12(13)14/h3-5,8-9H,6H2,1-2H3,(H,13,14). The van der Waals surface area contributed by atoms with Crippen LogP contribution in [0.5, 0.6) is 11.5 Å². The predicted octanol–water partition coefficient (Wildman–Crippen LogP) is 1.89. The monoisotopic (exact) mass is 222 g/mol. The first-order valence-corrected chi connectivity index (χ1v) is 5.12. The molecule has 0 amide bonds. The SMILES string of the molecule is COc1cccc(C2CC2C(=O)O)c1OC. The third-order valence-electron chi connectivity index (χ3n) is 2.94. The van der Waals surface area contributed by atoms with Gasteiger partial charge in [-0.15, -0.1) is 0 Å². The molecule has 2 unspecified atom stereocenters. The van der Waals surface area contributed by atoms with Gasteiger partial charge in [-0.05, 0) is 12.5 Å². The maximum atomic E-state index is 10.8. The smallest absolute Gasteiger partial charge is 0.307 e. The van der Waals surface area contributed by atoms with Crippen molar-refractivity contribution in [3.05, 3.63) is 23.8 Å². The van der Waals surface area contributed by atoms with Crippen molar-refractivity contribution in [2.75, 3.05) is 14.2 Å². The number of rotatable bonds is 4. The summed E-state index contributed by atoms with van der Waals surface area (Å²) in [5.74, 6) is 0.341. The van der Waals surface area contributed by atoms with E-state index in [2.05, 4.69) is 0 Å². The molecule has 1 aromatic carbocycles. The third kappa shape index (κ3) is 1.71. The summed E-state index contributed by atoms with van der Waals surface area (Å²) in [5, 5.41) is 8.90. The summed E-state index contributed by atoms with van der Waals surface area (Å²) in [6.45, 7) is 0. The normalized spacial score (nSPS) is 22.6. The summed E-state index contributed by atoms with van der Waals surface area (Å²) >= 11 is 0. The van der Waals surface area contributed by atoms with Crippen LogP contribution in [0.3, 0.4) is 0 Å². The molecule has 86 valence electrons. The number of hydrogen-bond acceptors (Lipinski definition) is 3. The van der Waals surface area contributed by atoms with E-state index in [4.69, 9.17) is 14.6 Å². The Labute approximate surface area is 93.8 Å². The van der Waals surface area contributed by atoms with Gasteiger partial charge in [-0.25, -0.2) is 0 Å². The van der Waals surface area contributed by atoms with Crippen molar-refractivity contribution in [1.29, 1.82) is 0 Å². The zero-order chi connectivity index (χ0) is 11.7. The number of benzene rings is 1. The number of para-hydroxylation sites is 1. The van der Waals surface area contributed by atoms with Crippen LogP contribution < -0.4 is 9.47 Å². The minimum Gasteiger partial charge on any atom is -0.493 e. The number of carboxylic acids is 1. The number of aliphatic carboxylic acids is 1. The first-order valence-electron chi connectivity index (χ1n) is 5.12. The molecule has 4 heteroatoms. The fourth-order valence-corrected chi connectivity index (χ4v) is 2.02. The van der Waals surface area contributed by atoms with E-state index in [1.807, 2.05) is 12.1 Å². The molecule has 0 heterocycles. The molecule has 2 atom stereocenters. The number of carboxylic acid groups (broad SMARTS) is 1. The van der Waals surface area contributed by atoms with Gasteiger partial charge in [-0.1, -0.05) is 12.1 Å². The fraction of sp³-hybridized carbons (Fsp3) is 0.417. The van der Waals surface area contributed by atoms with Gasteiger partial charge in [0.2, 0.25) is 0 Å². The van der Waals surface area contributed by atoms with Crippen LogP contribution in [0.4, 0.5) is 0 Å². The summed E-state index contributed by atoms with van der Waals surface area (Å²) in [6.07, 6.45) is 0.679. The molecule has 4 nitrogen and oxygen atoms in total. The van der Waals surface area contributed by atoms with Crippen molar-refractivity contribution in [1.82, 2.24) is 0 Å². The van der Waals surface area contributed by atoms with Crippen LogP contribution in [0.25, 0.3) is 0 Å². The van der Waals surface area contributed by atoms with E-state index in [-0.39, 0.29) is 11.8 Å². The molecular weight excluding hydrogens is 208 g/mol. The van der Waals surface area contributed by atoms with Crippen LogP contribution in [-0.2, 0) is 4.79 Å². The van der Waals surface area contributed by atoms with Gasteiger partial charge in [-0.2, -0.15) is 0 Å². The van der Waals surface area contributed by atoms with Crippen LogP contribution in [0, 0.1) is 5.92 Å². The van der Waals surface area contributed by atoms with E-state index >= 15 is 0 Å². The first kappa shape index (κ1) is 10.8. The molecule has 1 aromatic rings. The summed E-state index contributed by atoms with van der Waals surface area (Å²) in [5.41, 5.74) is 0.925. The van der Waals surface area contributed by atoms with Crippen molar-refractivity contribution in [3.8, 4) is 11.5 Å². The highest BCUT2D eigenvalue weighted by Crippen LogP contribution is 2.52. The van der Waals surface area contributed by atoms with E-state index in [1.54, 1.807) is 20.3 Å². The van der Waals surface area contributed by atoms with Crippen LogP contribution >= 0.6 is 0 Å². The van der Waals surface area contributed by atoms with E-state index in [0.29, 0.717) is 17.9 Å². The van der Waals surface area contributed by atoms with Gasteiger partial charge in [-0.3, -0.25) is 4.79 Å². The van der Waals surface area contributed by atoms with Gasteiger partial charge in [0, 0.05) is 11.5 Å². The molecule has 0 saturated heterocycles. The number of carbonyl (C=O) groups is 1. The average Bonchev–Trinajstić information content (AvgIpc) is 3.07. The molecule has 1 aliphatic rings. The van der Waals surface area contributed by atoms with Gasteiger partial charge >= 0.3 is 5.97 Å². The maximum absolute atomic E-state index is 10.8. The molecule has 0 aromatic heterocycles. The Kier molecular flexibility index (Phi) is 2.73. The lowest BCUT2D eigenvalue weighted by atomic mass is 10.1. The van der Waals surface area contributed by atoms with E-state index in [9.17, 15) is 4.79 Å². The molecule has 1 N–H and O–H groups in total. The topological polar surface area (TPSA) is 55.8 Å². The van der Waals surface area contributed by atoms with Crippen molar-refractivity contribution < 1.29 is 19.4 Å². The van der Waals surface area contributed by atoms with Gasteiger partial charge in [0.25, 0.3) is 0 Å². The molecule has 0 bridgehead atoms. The van der Waals surface area contributed by atoms with Gasteiger partial charge < -0.3 is 14.6 Å². The predicted molar refractivity (Wildman–Crippen MR) is 58.0 cm³/mol. The number of methoxy groups -OCH3 is 2. The Morgan fingerprint density at radius 3 is 2.62 bits per heavy atom. The minimum atomic E-state index is -0.741. The van der Waals surface area contributed by atoms with Crippen LogP contribution in [-0.4, -0.2) is 25.3 Å². The Morgan fingerprint density at radius 2 is 2.12 bits per heavy atom. The van der Waals surface area contributed by atoms with Crippen molar-refractivity contribution in [3.63, 3.8) is 0 Å². The Hall–Kier alpha value is -1.71. The Morgan fingerprint density at radius 1 is 1.38 bits per heavy atom. The number of ether oxygens (including phenoxy) is 2. The Bertz CT molecular complexity index is 413. The second kappa shape index (κ2) is 4.04. The van der Waals surface area contributed by atoms with E-state index in [1.165, 1.54) is 0 Å². The molecule has 1 aliphatic carbocycles. The summed E-state index contributed by atoms with van der Waals surface area (Å²) in [6, 6.07) is 5.56. The molecule has 1 fully saturated rings. The lowest BCUT2D eigenvalue weighted by Gasteiger charge is -2.11. The van der Waals surface area contributed by atoms with Gasteiger partial charge in [0.1, 0.15) is 0 Å². The summed E-state index contributed by atoms with van der Waals surface area (Å²) < 4.78 is 10.5. The maximum Gasteiger partial charge on any atom is 0.307 e. The average molecular weight is 222 g/mol. The zero-order valence-electron chi connectivity index (χ0n) is 9.27. The lowest BCUT2D eigenvalue weighted by Crippen LogP contribution is -2.01. The van der Waals surface area contributed by atoms with Crippen LogP contribution in [0.2, 0.25) is 0 Å². The fourth-order valence-electron chi connectivity index (χ4n) is 2.02.